The van der Waals surface area contributed by atoms with Crippen molar-refractivity contribution in [2.75, 3.05) is 5.32 Å². The molecule has 0 heterocycles. The lowest BCUT2D eigenvalue weighted by Gasteiger charge is -2.11. The summed E-state index contributed by atoms with van der Waals surface area (Å²) in [6.45, 7) is 2.67. The van der Waals surface area contributed by atoms with E-state index in [0.29, 0.717) is 6.54 Å². The molecule has 1 N–H and O–H groups in total. The van der Waals surface area contributed by atoms with Gasteiger partial charge in [0.25, 0.3) is 0 Å². The highest BCUT2D eigenvalue weighted by Crippen LogP contribution is 2.18. The molecule has 0 amide bonds. The molecule has 2 aromatic rings. The standard InChI is InChI=1S/C16H15ClFN/c1-12-4-2-3-5-16(12)19-11-14-6-7-15(18)10-13(14)8-9-17/h2-10,19H,11H2,1H3/b9-8-. The SMILES string of the molecule is Cc1ccccc1NCc1ccc(F)cc1/C=C\Cl. The van der Waals surface area contributed by atoms with E-state index in [1.807, 2.05) is 31.2 Å². The molecule has 1 nitrogen and oxygen atoms in total. The minimum atomic E-state index is -0.260. The fourth-order valence-corrected chi connectivity index (χ4v) is 2.05. The second-order valence-electron chi connectivity index (χ2n) is 4.30. The van der Waals surface area contributed by atoms with Gasteiger partial charge in [0.05, 0.1) is 0 Å². The Morgan fingerprint density at radius 2 is 2.00 bits per heavy atom. The normalized spacial score (nSPS) is 10.9. The van der Waals surface area contributed by atoms with Crippen molar-refractivity contribution in [1.82, 2.24) is 0 Å². The smallest absolute Gasteiger partial charge is 0.123 e. The first-order chi connectivity index (χ1) is 9.20. The molecular weight excluding hydrogens is 261 g/mol. The molecule has 0 bridgehead atoms. The van der Waals surface area contributed by atoms with Gasteiger partial charge in [-0.05, 0) is 47.9 Å². The van der Waals surface area contributed by atoms with Gasteiger partial charge in [-0.25, -0.2) is 4.39 Å². The molecule has 0 unspecified atom stereocenters. The summed E-state index contributed by atoms with van der Waals surface area (Å²) < 4.78 is 13.2. The van der Waals surface area contributed by atoms with Crippen LogP contribution in [0.1, 0.15) is 16.7 Å². The van der Waals surface area contributed by atoms with Crippen molar-refractivity contribution in [2.24, 2.45) is 0 Å². The van der Waals surface area contributed by atoms with Crippen LogP contribution in [0.2, 0.25) is 0 Å². The summed E-state index contributed by atoms with van der Waals surface area (Å²) in [5.74, 6) is -0.260. The van der Waals surface area contributed by atoms with E-state index in [2.05, 4.69) is 5.32 Å². The Morgan fingerprint density at radius 1 is 1.21 bits per heavy atom. The number of hydrogen-bond donors (Lipinski definition) is 1. The van der Waals surface area contributed by atoms with Gasteiger partial charge in [-0.3, -0.25) is 0 Å². The third kappa shape index (κ3) is 3.58. The summed E-state index contributed by atoms with van der Waals surface area (Å²) in [5.41, 5.74) is 5.44. The fourth-order valence-electron chi connectivity index (χ4n) is 1.91. The predicted octanol–water partition coefficient (Wildman–Crippen LogP) is 4.96. The van der Waals surface area contributed by atoms with Crippen molar-refractivity contribution in [3.8, 4) is 0 Å². The second-order valence-corrected chi connectivity index (χ2v) is 4.56. The van der Waals surface area contributed by atoms with Gasteiger partial charge in [0, 0.05) is 17.8 Å². The molecule has 0 fully saturated rings. The molecule has 2 rings (SSSR count). The minimum Gasteiger partial charge on any atom is -0.381 e. The number of rotatable bonds is 4. The molecule has 0 saturated heterocycles. The summed E-state index contributed by atoms with van der Waals surface area (Å²) in [7, 11) is 0. The van der Waals surface area contributed by atoms with Gasteiger partial charge in [-0.15, -0.1) is 0 Å². The highest BCUT2D eigenvalue weighted by Gasteiger charge is 2.03. The van der Waals surface area contributed by atoms with Crippen LogP contribution in [-0.4, -0.2) is 0 Å². The molecule has 0 aliphatic carbocycles. The van der Waals surface area contributed by atoms with Crippen LogP contribution in [0.15, 0.2) is 48.0 Å². The van der Waals surface area contributed by atoms with E-state index in [1.165, 1.54) is 23.2 Å². The lowest BCUT2D eigenvalue weighted by atomic mass is 10.1. The molecule has 19 heavy (non-hydrogen) atoms. The molecule has 0 aromatic heterocycles. The average molecular weight is 276 g/mol. The Balaban J connectivity index is 2.18. The quantitative estimate of drug-likeness (QED) is 0.832. The van der Waals surface area contributed by atoms with Crippen molar-refractivity contribution in [3.63, 3.8) is 0 Å². The number of benzene rings is 2. The average Bonchev–Trinajstić information content (AvgIpc) is 2.40. The van der Waals surface area contributed by atoms with Crippen LogP contribution in [0.25, 0.3) is 6.08 Å². The van der Waals surface area contributed by atoms with Crippen molar-refractivity contribution in [1.29, 1.82) is 0 Å². The van der Waals surface area contributed by atoms with E-state index < -0.39 is 0 Å². The molecule has 3 heteroatoms. The van der Waals surface area contributed by atoms with Crippen molar-refractivity contribution >= 4 is 23.4 Å². The van der Waals surface area contributed by atoms with Crippen LogP contribution in [-0.2, 0) is 6.54 Å². The third-order valence-electron chi connectivity index (χ3n) is 2.96. The zero-order valence-electron chi connectivity index (χ0n) is 10.7. The molecule has 0 radical (unpaired) electrons. The summed E-state index contributed by atoms with van der Waals surface area (Å²) in [5, 5.41) is 3.35. The van der Waals surface area contributed by atoms with Gasteiger partial charge in [-0.1, -0.05) is 35.9 Å². The van der Waals surface area contributed by atoms with Crippen molar-refractivity contribution < 1.29 is 4.39 Å². The topological polar surface area (TPSA) is 12.0 Å². The minimum absolute atomic E-state index is 0.260. The largest absolute Gasteiger partial charge is 0.381 e. The third-order valence-corrected chi connectivity index (χ3v) is 3.09. The zero-order valence-corrected chi connectivity index (χ0v) is 11.4. The van der Waals surface area contributed by atoms with E-state index in [4.69, 9.17) is 11.6 Å². The van der Waals surface area contributed by atoms with Crippen molar-refractivity contribution in [3.05, 3.63) is 70.5 Å². The van der Waals surface area contributed by atoms with Crippen LogP contribution in [0, 0.1) is 12.7 Å². The predicted molar refractivity (Wildman–Crippen MR) is 79.8 cm³/mol. The molecular formula is C16H15ClFN. The number of para-hydroxylation sites is 1. The molecule has 0 aliphatic heterocycles. The molecule has 0 aliphatic rings. The number of nitrogens with one attached hydrogen (secondary N) is 1. The maximum absolute atomic E-state index is 13.2. The molecule has 0 saturated carbocycles. The number of aryl methyl sites for hydroxylation is 1. The summed E-state index contributed by atoms with van der Waals surface area (Å²) in [6.07, 6.45) is 1.69. The van der Waals surface area contributed by atoms with Gasteiger partial charge < -0.3 is 5.32 Å². The van der Waals surface area contributed by atoms with Crippen LogP contribution < -0.4 is 5.32 Å². The summed E-state index contributed by atoms with van der Waals surface area (Å²) >= 11 is 5.58. The first kappa shape index (κ1) is 13.6. The number of halogens is 2. The Labute approximate surface area is 117 Å². The van der Waals surface area contributed by atoms with E-state index in [1.54, 1.807) is 12.1 Å². The number of hydrogen-bond acceptors (Lipinski definition) is 1. The number of anilines is 1. The maximum atomic E-state index is 13.2. The van der Waals surface area contributed by atoms with Gasteiger partial charge in [0.2, 0.25) is 0 Å². The lowest BCUT2D eigenvalue weighted by molar-refractivity contribution is 0.626. The van der Waals surface area contributed by atoms with E-state index in [-0.39, 0.29) is 5.82 Å². The summed E-state index contributed by atoms with van der Waals surface area (Å²) in [6, 6.07) is 12.8. The van der Waals surface area contributed by atoms with E-state index >= 15 is 0 Å². The molecule has 98 valence electrons. The van der Waals surface area contributed by atoms with Crippen LogP contribution in [0.3, 0.4) is 0 Å². The Kier molecular flexibility index (Phi) is 4.58. The van der Waals surface area contributed by atoms with Crippen LogP contribution in [0.5, 0.6) is 0 Å². The summed E-state index contributed by atoms with van der Waals surface area (Å²) in [4.78, 5) is 0. The highest BCUT2D eigenvalue weighted by molar-refractivity contribution is 6.27. The zero-order chi connectivity index (χ0) is 13.7. The van der Waals surface area contributed by atoms with E-state index in [0.717, 1.165) is 16.8 Å². The van der Waals surface area contributed by atoms with Gasteiger partial charge >= 0.3 is 0 Å². The first-order valence-electron chi connectivity index (χ1n) is 6.05. The second kappa shape index (κ2) is 6.39. The molecule has 0 atom stereocenters. The van der Waals surface area contributed by atoms with Crippen LogP contribution >= 0.6 is 11.6 Å². The molecule has 0 spiro atoms. The monoisotopic (exact) mass is 275 g/mol. The van der Waals surface area contributed by atoms with E-state index in [9.17, 15) is 4.39 Å². The fraction of sp³-hybridized carbons (Fsp3) is 0.125. The van der Waals surface area contributed by atoms with Crippen LogP contribution in [0.4, 0.5) is 10.1 Å². The van der Waals surface area contributed by atoms with Gasteiger partial charge in [-0.2, -0.15) is 0 Å². The van der Waals surface area contributed by atoms with Gasteiger partial charge in [0.1, 0.15) is 5.82 Å². The Morgan fingerprint density at radius 3 is 2.74 bits per heavy atom. The first-order valence-corrected chi connectivity index (χ1v) is 6.49. The van der Waals surface area contributed by atoms with Gasteiger partial charge in [0.15, 0.2) is 0 Å². The van der Waals surface area contributed by atoms with Crippen molar-refractivity contribution in [2.45, 2.75) is 13.5 Å². The highest BCUT2D eigenvalue weighted by atomic mass is 35.5. The molecule has 2 aromatic carbocycles. The Bertz CT molecular complexity index is 593. The maximum Gasteiger partial charge on any atom is 0.123 e. The lowest BCUT2D eigenvalue weighted by Crippen LogP contribution is -2.02. The Hall–Kier alpha value is -1.80.